The minimum absolute atomic E-state index is 0.0294. The molecule has 0 aliphatic heterocycles. The van der Waals surface area contributed by atoms with Gasteiger partial charge in [0.15, 0.2) is 0 Å². The van der Waals surface area contributed by atoms with Crippen LogP contribution in [0.3, 0.4) is 0 Å². The van der Waals surface area contributed by atoms with Gasteiger partial charge >= 0.3 is 0 Å². The Morgan fingerprint density at radius 1 is 0.929 bits per heavy atom. The lowest BCUT2D eigenvalue weighted by Crippen LogP contribution is -2.55. The molecule has 4 rings (SSSR count). The molecule has 3 aromatic rings. The van der Waals surface area contributed by atoms with Crippen LogP contribution in [0.1, 0.15) is 43.2 Å². The number of benzene rings is 3. The second-order valence-corrected chi connectivity index (χ2v) is 14.2. The second kappa shape index (κ2) is 14.7. The van der Waals surface area contributed by atoms with E-state index in [0.29, 0.717) is 21.3 Å². The molecule has 0 aromatic heterocycles. The third-order valence-corrected chi connectivity index (χ3v) is 9.76. The van der Waals surface area contributed by atoms with Crippen molar-refractivity contribution in [1.82, 2.24) is 10.2 Å². The molecule has 0 spiro atoms. The monoisotopic (exact) mass is 693 g/mol. The number of nitrogens with zero attached hydrogens (tertiary/aromatic N) is 2. The number of rotatable bonds is 11. The lowest BCUT2D eigenvalue weighted by atomic mass is 9.94. The van der Waals surface area contributed by atoms with Crippen molar-refractivity contribution in [3.8, 4) is 0 Å². The topological polar surface area (TPSA) is 86.8 Å². The lowest BCUT2D eigenvalue weighted by molar-refractivity contribution is -0.140. The summed E-state index contributed by atoms with van der Waals surface area (Å²) in [5.41, 5.74) is 1.88. The number of hydrogen-bond donors (Lipinski definition) is 1. The quantitative estimate of drug-likeness (QED) is 0.245. The molecular weight excluding hydrogens is 661 g/mol. The Morgan fingerprint density at radius 2 is 1.60 bits per heavy atom. The third-order valence-electron chi connectivity index (χ3n) is 7.35. The predicted octanol–water partition coefficient (Wildman–Crippen LogP) is 6.61. The van der Waals surface area contributed by atoms with E-state index < -0.39 is 28.5 Å². The van der Waals surface area contributed by atoms with Gasteiger partial charge in [-0.3, -0.25) is 13.9 Å². The summed E-state index contributed by atoms with van der Waals surface area (Å²) in [6.45, 7) is -0.451. The Bertz CT molecular complexity index is 1480. The third kappa shape index (κ3) is 8.96. The van der Waals surface area contributed by atoms with E-state index in [1.165, 1.54) is 4.90 Å². The van der Waals surface area contributed by atoms with Crippen LogP contribution in [0.25, 0.3) is 0 Å². The summed E-state index contributed by atoms with van der Waals surface area (Å²) >= 11 is 15.8. The van der Waals surface area contributed by atoms with E-state index in [4.69, 9.17) is 23.2 Å². The molecule has 7 nitrogen and oxygen atoms in total. The van der Waals surface area contributed by atoms with E-state index in [1.807, 2.05) is 30.3 Å². The molecule has 1 N–H and O–H groups in total. The maximum atomic E-state index is 14.2. The van der Waals surface area contributed by atoms with Crippen molar-refractivity contribution < 1.29 is 18.0 Å². The highest BCUT2D eigenvalue weighted by molar-refractivity contribution is 9.10. The van der Waals surface area contributed by atoms with Gasteiger partial charge in [-0.2, -0.15) is 0 Å². The molecule has 0 saturated heterocycles. The van der Waals surface area contributed by atoms with Crippen LogP contribution in [-0.2, 0) is 32.6 Å². The summed E-state index contributed by atoms with van der Waals surface area (Å²) in [7, 11) is -3.84. The van der Waals surface area contributed by atoms with E-state index >= 15 is 0 Å². The van der Waals surface area contributed by atoms with Crippen LogP contribution in [0.15, 0.2) is 77.3 Å². The standard InChI is InChI=1S/C31H34BrCl2N3O4S/c1-42(40,41)37(26-15-13-24(32)14-16-26)21-30(38)36(20-23-12-17-27(33)28(34)18-23)29(19-22-8-4-2-5-9-22)31(39)35-25-10-6-3-7-11-25/h2,4-5,8-9,12-18,25,29H,3,6-7,10-11,19-21H2,1H3,(H,35,39)/t29-/m0/s1. The van der Waals surface area contributed by atoms with E-state index in [1.54, 1.807) is 42.5 Å². The number of nitrogens with one attached hydrogen (secondary N) is 1. The van der Waals surface area contributed by atoms with Gasteiger partial charge in [-0.05, 0) is 60.4 Å². The lowest BCUT2D eigenvalue weighted by Gasteiger charge is -2.35. The number of carbonyl (C=O) groups is 2. The molecule has 1 aliphatic carbocycles. The van der Waals surface area contributed by atoms with Gasteiger partial charge in [0.05, 0.1) is 22.0 Å². The largest absolute Gasteiger partial charge is 0.352 e. The van der Waals surface area contributed by atoms with Crippen LogP contribution in [0.2, 0.25) is 10.0 Å². The van der Waals surface area contributed by atoms with Crippen molar-refractivity contribution in [2.24, 2.45) is 0 Å². The zero-order chi connectivity index (χ0) is 30.3. The van der Waals surface area contributed by atoms with Crippen molar-refractivity contribution in [3.05, 3.63) is 98.4 Å². The molecule has 0 unspecified atom stereocenters. The molecule has 224 valence electrons. The summed E-state index contributed by atoms with van der Waals surface area (Å²) in [4.78, 5) is 29.6. The Kier molecular flexibility index (Phi) is 11.3. The Labute approximate surface area is 266 Å². The fraction of sp³-hybridized carbons (Fsp3) is 0.355. The number of amides is 2. The van der Waals surface area contributed by atoms with Crippen LogP contribution in [0, 0.1) is 0 Å². The van der Waals surface area contributed by atoms with Crippen LogP contribution < -0.4 is 9.62 Å². The molecule has 1 aliphatic rings. The molecular formula is C31H34BrCl2N3O4S. The van der Waals surface area contributed by atoms with Gasteiger partial charge in [-0.25, -0.2) is 8.42 Å². The molecule has 42 heavy (non-hydrogen) atoms. The van der Waals surface area contributed by atoms with Crippen molar-refractivity contribution in [1.29, 1.82) is 0 Å². The summed E-state index contributed by atoms with van der Waals surface area (Å²) in [5.74, 6) is -0.789. The zero-order valence-corrected chi connectivity index (χ0v) is 27.2. The molecule has 3 aromatic carbocycles. The number of anilines is 1. The van der Waals surface area contributed by atoms with Crippen molar-refractivity contribution in [3.63, 3.8) is 0 Å². The first kappa shape index (κ1) is 32.3. The highest BCUT2D eigenvalue weighted by Crippen LogP contribution is 2.26. The molecule has 1 fully saturated rings. The highest BCUT2D eigenvalue weighted by Gasteiger charge is 2.34. The first-order chi connectivity index (χ1) is 20.0. The first-order valence-electron chi connectivity index (χ1n) is 13.8. The molecule has 1 saturated carbocycles. The zero-order valence-electron chi connectivity index (χ0n) is 23.3. The van der Waals surface area contributed by atoms with Gasteiger partial charge in [0.25, 0.3) is 0 Å². The van der Waals surface area contributed by atoms with Gasteiger partial charge in [-0.1, -0.05) is 94.8 Å². The fourth-order valence-electron chi connectivity index (χ4n) is 5.15. The Balaban J connectivity index is 1.73. The van der Waals surface area contributed by atoms with Crippen molar-refractivity contribution in [2.75, 3.05) is 17.1 Å². The van der Waals surface area contributed by atoms with E-state index in [0.717, 1.165) is 52.7 Å². The smallest absolute Gasteiger partial charge is 0.244 e. The maximum Gasteiger partial charge on any atom is 0.244 e. The van der Waals surface area contributed by atoms with Crippen LogP contribution in [-0.4, -0.2) is 50.0 Å². The van der Waals surface area contributed by atoms with Gasteiger partial charge in [0.1, 0.15) is 12.6 Å². The first-order valence-corrected chi connectivity index (χ1v) is 17.2. The summed E-state index contributed by atoms with van der Waals surface area (Å²) < 4.78 is 27.6. The maximum absolute atomic E-state index is 14.2. The van der Waals surface area contributed by atoms with Gasteiger partial charge in [-0.15, -0.1) is 0 Å². The van der Waals surface area contributed by atoms with Crippen molar-refractivity contribution in [2.45, 2.75) is 57.2 Å². The average molecular weight is 696 g/mol. The molecule has 11 heteroatoms. The number of halogens is 3. The number of sulfonamides is 1. The van der Waals surface area contributed by atoms with Crippen molar-refractivity contribution >= 4 is 66.7 Å². The second-order valence-electron chi connectivity index (χ2n) is 10.6. The molecule has 0 bridgehead atoms. The summed E-state index contributed by atoms with van der Waals surface area (Å²) in [6, 6.07) is 20.3. The number of hydrogen-bond acceptors (Lipinski definition) is 4. The number of carbonyl (C=O) groups excluding carboxylic acids is 2. The van der Waals surface area contributed by atoms with E-state index in [-0.39, 0.29) is 24.9 Å². The Hall–Kier alpha value is -2.59. The molecule has 1 atom stereocenters. The summed E-state index contributed by atoms with van der Waals surface area (Å²) in [5, 5.41) is 3.87. The van der Waals surface area contributed by atoms with E-state index in [2.05, 4.69) is 21.2 Å². The SMILES string of the molecule is CS(=O)(=O)N(CC(=O)N(Cc1ccc(Cl)c(Cl)c1)[C@@H](Cc1ccccc1)C(=O)NC1CCCCC1)c1ccc(Br)cc1. The average Bonchev–Trinajstić information content (AvgIpc) is 2.96. The summed E-state index contributed by atoms with van der Waals surface area (Å²) in [6.07, 6.45) is 6.30. The Morgan fingerprint density at radius 3 is 2.21 bits per heavy atom. The van der Waals surface area contributed by atoms with Gasteiger partial charge in [0, 0.05) is 23.5 Å². The minimum Gasteiger partial charge on any atom is -0.352 e. The minimum atomic E-state index is -3.84. The van der Waals surface area contributed by atoms with Crippen LogP contribution in [0.5, 0.6) is 0 Å². The molecule has 0 heterocycles. The normalized spacial score (nSPS) is 14.7. The predicted molar refractivity (Wildman–Crippen MR) is 172 cm³/mol. The molecule has 2 amide bonds. The molecule has 0 radical (unpaired) electrons. The van der Waals surface area contributed by atoms with Crippen LogP contribution in [0.4, 0.5) is 5.69 Å². The fourth-order valence-corrected chi connectivity index (χ4v) is 6.59. The van der Waals surface area contributed by atoms with Crippen LogP contribution >= 0.6 is 39.1 Å². The van der Waals surface area contributed by atoms with Gasteiger partial charge in [0.2, 0.25) is 21.8 Å². The van der Waals surface area contributed by atoms with Gasteiger partial charge < -0.3 is 10.2 Å². The van der Waals surface area contributed by atoms with E-state index in [9.17, 15) is 18.0 Å². The highest BCUT2D eigenvalue weighted by atomic mass is 79.9.